The van der Waals surface area contributed by atoms with Crippen LogP contribution in [0.4, 0.5) is 0 Å². The number of esters is 1. The maximum absolute atomic E-state index is 11.2. The van der Waals surface area contributed by atoms with Crippen LogP contribution in [-0.4, -0.2) is 12.1 Å². The van der Waals surface area contributed by atoms with Crippen molar-refractivity contribution in [2.75, 3.05) is 0 Å². The molecule has 0 radical (unpaired) electrons. The van der Waals surface area contributed by atoms with Crippen LogP contribution in [0, 0.1) is 11.8 Å². The summed E-state index contributed by atoms with van der Waals surface area (Å²) in [5, 5.41) is 0. The van der Waals surface area contributed by atoms with Crippen LogP contribution in [0.5, 0.6) is 0 Å². The third-order valence-electron chi connectivity index (χ3n) is 3.02. The highest BCUT2D eigenvalue weighted by Crippen LogP contribution is 2.37. The lowest BCUT2D eigenvalue weighted by Gasteiger charge is -2.22. The summed E-state index contributed by atoms with van der Waals surface area (Å²) in [5.41, 5.74) is 1.36. The monoisotopic (exact) mass is 166 g/mol. The highest BCUT2D eigenvalue weighted by atomic mass is 16.6. The summed E-state index contributed by atoms with van der Waals surface area (Å²) in [6.45, 7) is 4.08. The van der Waals surface area contributed by atoms with Gasteiger partial charge in [-0.1, -0.05) is 18.6 Å². The van der Waals surface area contributed by atoms with Crippen molar-refractivity contribution in [3.63, 3.8) is 0 Å². The number of hydrogen-bond acceptors (Lipinski definition) is 2. The summed E-state index contributed by atoms with van der Waals surface area (Å²) in [6.07, 6.45) is 4.38. The fourth-order valence-corrected chi connectivity index (χ4v) is 2.13. The van der Waals surface area contributed by atoms with Crippen molar-refractivity contribution >= 4 is 5.97 Å². The summed E-state index contributed by atoms with van der Waals surface area (Å²) in [6, 6.07) is 0. The Kier molecular flexibility index (Phi) is 1.71. The minimum atomic E-state index is -0.00639. The van der Waals surface area contributed by atoms with Crippen LogP contribution >= 0.6 is 0 Å². The molecule has 3 unspecified atom stereocenters. The second-order valence-electron chi connectivity index (χ2n) is 3.92. The molecule has 1 aliphatic heterocycles. The first-order valence-electron chi connectivity index (χ1n) is 4.54. The van der Waals surface area contributed by atoms with E-state index in [1.165, 1.54) is 5.57 Å². The van der Waals surface area contributed by atoms with E-state index in [1.807, 2.05) is 6.92 Å². The van der Waals surface area contributed by atoms with Gasteiger partial charge in [0.15, 0.2) is 0 Å². The number of carbonyl (C=O) groups is 1. The molecule has 0 bridgehead atoms. The Bertz CT molecular complexity index is 242. The van der Waals surface area contributed by atoms with E-state index in [1.54, 1.807) is 0 Å². The Labute approximate surface area is 72.6 Å². The molecule has 3 atom stereocenters. The molecular weight excluding hydrogens is 152 g/mol. The van der Waals surface area contributed by atoms with E-state index in [2.05, 4.69) is 13.0 Å². The Balaban J connectivity index is 2.18. The number of allylic oxidation sites excluding steroid dienone is 1. The maximum atomic E-state index is 11.2. The van der Waals surface area contributed by atoms with E-state index < -0.39 is 0 Å². The lowest BCUT2D eigenvalue weighted by atomic mass is 9.82. The summed E-state index contributed by atoms with van der Waals surface area (Å²) < 4.78 is 5.27. The van der Waals surface area contributed by atoms with Gasteiger partial charge < -0.3 is 4.74 Å². The van der Waals surface area contributed by atoms with Crippen LogP contribution in [0.15, 0.2) is 11.6 Å². The normalized spacial score (nSPS) is 40.3. The van der Waals surface area contributed by atoms with Gasteiger partial charge >= 0.3 is 5.97 Å². The molecule has 12 heavy (non-hydrogen) atoms. The highest BCUT2D eigenvalue weighted by Gasteiger charge is 2.42. The van der Waals surface area contributed by atoms with Gasteiger partial charge in [-0.25, -0.2) is 0 Å². The molecular formula is C10H14O2. The molecule has 0 aromatic carbocycles. The van der Waals surface area contributed by atoms with Crippen molar-refractivity contribution in [2.45, 2.75) is 32.8 Å². The standard InChI is InChI=1S/C10H14O2/c1-6-3-4-8-7(2)10(11)12-9(8)5-6/h3,7-9H,4-5H2,1-2H3. The number of rotatable bonds is 0. The molecule has 2 aliphatic rings. The Morgan fingerprint density at radius 3 is 3.08 bits per heavy atom. The van der Waals surface area contributed by atoms with Crippen molar-refractivity contribution in [1.29, 1.82) is 0 Å². The molecule has 0 N–H and O–H groups in total. The second kappa shape index (κ2) is 2.61. The molecule has 1 aliphatic carbocycles. The fraction of sp³-hybridized carbons (Fsp3) is 0.700. The lowest BCUT2D eigenvalue weighted by Crippen LogP contribution is -2.22. The summed E-state index contributed by atoms with van der Waals surface area (Å²) >= 11 is 0. The van der Waals surface area contributed by atoms with Crippen LogP contribution in [0.25, 0.3) is 0 Å². The maximum Gasteiger partial charge on any atom is 0.309 e. The zero-order chi connectivity index (χ0) is 8.72. The molecule has 1 heterocycles. The van der Waals surface area contributed by atoms with Crippen LogP contribution < -0.4 is 0 Å². The van der Waals surface area contributed by atoms with Crippen molar-refractivity contribution in [1.82, 2.24) is 0 Å². The van der Waals surface area contributed by atoms with Crippen LogP contribution in [-0.2, 0) is 9.53 Å². The number of carbonyl (C=O) groups excluding carboxylic acids is 1. The molecule has 1 saturated heterocycles. The molecule has 1 fully saturated rings. The Hall–Kier alpha value is -0.790. The molecule has 0 spiro atoms. The van der Waals surface area contributed by atoms with Crippen LogP contribution in [0.2, 0.25) is 0 Å². The van der Waals surface area contributed by atoms with E-state index in [-0.39, 0.29) is 18.0 Å². The van der Waals surface area contributed by atoms with Gasteiger partial charge in [-0.2, -0.15) is 0 Å². The van der Waals surface area contributed by atoms with Crippen molar-refractivity contribution in [3.8, 4) is 0 Å². The largest absolute Gasteiger partial charge is 0.461 e. The topological polar surface area (TPSA) is 26.3 Å². The summed E-state index contributed by atoms with van der Waals surface area (Å²) in [5.74, 6) is 0.550. The van der Waals surface area contributed by atoms with Gasteiger partial charge in [-0.05, 0) is 13.3 Å². The quantitative estimate of drug-likeness (QED) is 0.406. The average Bonchev–Trinajstić information content (AvgIpc) is 2.28. The predicted octanol–water partition coefficient (Wildman–Crippen LogP) is 1.90. The van der Waals surface area contributed by atoms with Crippen molar-refractivity contribution in [2.24, 2.45) is 11.8 Å². The fourth-order valence-electron chi connectivity index (χ4n) is 2.13. The predicted molar refractivity (Wildman–Crippen MR) is 45.5 cm³/mol. The number of ether oxygens (including phenoxy) is 1. The average molecular weight is 166 g/mol. The van der Waals surface area contributed by atoms with E-state index in [0.717, 1.165) is 12.8 Å². The van der Waals surface area contributed by atoms with Gasteiger partial charge in [0.05, 0.1) is 5.92 Å². The molecule has 0 amide bonds. The minimum Gasteiger partial charge on any atom is -0.461 e. The SMILES string of the molecule is CC1=CCC2C(C1)OC(=O)C2C. The third kappa shape index (κ3) is 1.06. The molecule has 0 saturated carbocycles. The van der Waals surface area contributed by atoms with E-state index in [9.17, 15) is 4.79 Å². The van der Waals surface area contributed by atoms with E-state index in [0.29, 0.717) is 5.92 Å². The third-order valence-corrected chi connectivity index (χ3v) is 3.02. The van der Waals surface area contributed by atoms with Gasteiger partial charge in [0, 0.05) is 12.3 Å². The zero-order valence-corrected chi connectivity index (χ0v) is 7.54. The van der Waals surface area contributed by atoms with Crippen molar-refractivity contribution < 1.29 is 9.53 Å². The second-order valence-corrected chi connectivity index (χ2v) is 3.92. The first kappa shape index (κ1) is 7.84. The Morgan fingerprint density at radius 2 is 2.33 bits per heavy atom. The number of fused-ring (bicyclic) bond motifs is 1. The smallest absolute Gasteiger partial charge is 0.309 e. The first-order chi connectivity index (χ1) is 5.68. The van der Waals surface area contributed by atoms with Gasteiger partial charge in [-0.3, -0.25) is 4.79 Å². The molecule has 66 valence electrons. The first-order valence-corrected chi connectivity index (χ1v) is 4.54. The highest BCUT2D eigenvalue weighted by molar-refractivity contribution is 5.75. The molecule has 0 aromatic rings. The summed E-state index contributed by atoms with van der Waals surface area (Å²) in [4.78, 5) is 11.2. The van der Waals surface area contributed by atoms with Crippen molar-refractivity contribution in [3.05, 3.63) is 11.6 Å². The van der Waals surface area contributed by atoms with Gasteiger partial charge in [0.2, 0.25) is 0 Å². The zero-order valence-electron chi connectivity index (χ0n) is 7.54. The van der Waals surface area contributed by atoms with Crippen LogP contribution in [0.1, 0.15) is 26.7 Å². The van der Waals surface area contributed by atoms with E-state index >= 15 is 0 Å². The van der Waals surface area contributed by atoms with Gasteiger partial charge in [-0.15, -0.1) is 0 Å². The minimum absolute atomic E-state index is 0.00639. The molecule has 0 aromatic heterocycles. The lowest BCUT2D eigenvalue weighted by molar-refractivity contribution is -0.143. The molecule has 2 heteroatoms. The molecule has 2 nitrogen and oxygen atoms in total. The van der Waals surface area contributed by atoms with Gasteiger partial charge in [0.1, 0.15) is 6.10 Å². The summed E-state index contributed by atoms with van der Waals surface area (Å²) in [7, 11) is 0. The Morgan fingerprint density at radius 1 is 1.58 bits per heavy atom. The molecule has 2 rings (SSSR count). The number of hydrogen-bond donors (Lipinski definition) is 0. The van der Waals surface area contributed by atoms with Gasteiger partial charge in [0.25, 0.3) is 0 Å². The van der Waals surface area contributed by atoms with E-state index in [4.69, 9.17) is 4.74 Å². The van der Waals surface area contributed by atoms with Crippen LogP contribution in [0.3, 0.4) is 0 Å².